The quantitative estimate of drug-likeness (QED) is 0.286. The van der Waals surface area contributed by atoms with Gasteiger partial charge >= 0.3 is 0 Å². The number of carbonyl (C=O) groups is 2. The molecule has 6 nitrogen and oxygen atoms in total. The second kappa shape index (κ2) is 9.66. The maximum absolute atomic E-state index is 13.5. The molecule has 35 heavy (non-hydrogen) atoms. The van der Waals surface area contributed by atoms with Crippen LogP contribution < -0.4 is 14.4 Å². The molecule has 4 rings (SSSR count). The number of anilines is 1. The molecule has 1 unspecified atom stereocenters. The number of ketones is 1. The minimum absolute atomic E-state index is 0.00783. The van der Waals surface area contributed by atoms with Crippen LogP contribution in [0.3, 0.4) is 0 Å². The van der Waals surface area contributed by atoms with Crippen LogP contribution in [0.1, 0.15) is 40.8 Å². The van der Waals surface area contributed by atoms with Crippen molar-refractivity contribution < 1.29 is 24.2 Å². The first kappa shape index (κ1) is 24.1. The summed E-state index contributed by atoms with van der Waals surface area (Å²) >= 11 is 0. The predicted octanol–water partition coefficient (Wildman–Crippen LogP) is 5.65. The van der Waals surface area contributed by atoms with Crippen LogP contribution in [-0.4, -0.2) is 30.5 Å². The molecular formula is C29H29NO5. The van der Waals surface area contributed by atoms with E-state index in [1.807, 2.05) is 70.2 Å². The Morgan fingerprint density at radius 2 is 1.71 bits per heavy atom. The molecule has 0 saturated carbocycles. The number of rotatable bonds is 6. The number of aliphatic hydroxyl groups is 1. The van der Waals surface area contributed by atoms with Crippen molar-refractivity contribution in [3.63, 3.8) is 0 Å². The van der Waals surface area contributed by atoms with Crippen molar-refractivity contribution in [1.29, 1.82) is 0 Å². The Labute approximate surface area is 205 Å². The zero-order valence-corrected chi connectivity index (χ0v) is 20.6. The summed E-state index contributed by atoms with van der Waals surface area (Å²) in [6.45, 7) is 8.05. The minimum atomic E-state index is -0.845. The number of ether oxygens (including phenoxy) is 2. The van der Waals surface area contributed by atoms with Crippen molar-refractivity contribution in [2.75, 3.05) is 18.6 Å². The van der Waals surface area contributed by atoms with Crippen molar-refractivity contribution in [3.05, 3.63) is 94.1 Å². The Morgan fingerprint density at radius 1 is 0.971 bits per heavy atom. The van der Waals surface area contributed by atoms with E-state index in [0.29, 0.717) is 34.9 Å². The average Bonchev–Trinajstić information content (AvgIpc) is 3.09. The fraction of sp³-hybridized carbons (Fsp3) is 0.241. The highest BCUT2D eigenvalue weighted by Crippen LogP contribution is 2.44. The lowest BCUT2D eigenvalue weighted by atomic mass is 9.93. The normalized spacial score (nSPS) is 17.1. The van der Waals surface area contributed by atoms with Gasteiger partial charge in [0.15, 0.2) is 0 Å². The number of hydrogen-bond acceptors (Lipinski definition) is 5. The standard InChI is InChI=1S/C29H29NO5/c1-6-35-22-12-8-10-20(16-22)25-24(26(31)23-15-18(3)13-19(4)28(23)34-5)27(32)29(33)30(25)21-11-7-9-17(2)14-21/h7-16,25,31H,6H2,1-5H3/b26-24+. The van der Waals surface area contributed by atoms with E-state index in [-0.39, 0.29) is 11.3 Å². The second-order valence-corrected chi connectivity index (χ2v) is 8.68. The van der Waals surface area contributed by atoms with Crippen LogP contribution in [0, 0.1) is 20.8 Å². The van der Waals surface area contributed by atoms with Gasteiger partial charge in [0.2, 0.25) is 0 Å². The summed E-state index contributed by atoms with van der Waals surface area (Å²) in [4.78, 5) is 28.3. The first-order chi connectivity index (χ1) is 16.8. The highest BCUT2D eigenvalue weighted by atomic mass is 16.5. The monoisotopic (exact) mass is 471 g/mol. The largest absolute Gasteiger partial charge is 0.507 e. The third-order valence-electron chi connectivity index (χ3n) is 6.09. The van der Waals surface area contributed by atoms with Gasteiger partial charge in [-0.15, -0.1) is 0 Å². The third-order valence-corrected chi connectivity index (χ3v) is 6.09. The van der Waals surface area contributed by atoms with Gasteiger partial charge in [-0.2, -0.15) is 0 Å². The number of Topliss-reactive ketones (excluding diaryl/α,β-unsaturated/α-hetero) is 1. The fourth-order valence-electron chi connectivity index (χ4n) is 4.68. The van der Waals surface area contributed by atoms with E-state index in [1.54, 1.807) is 18.2 Å². The molecule has 0 aromatic heterocycles. The van der Waals surface area contributed by atoms with E-state index in [0.717, 1.165) is 16.7 Å². The van der Waals surface area contributed by atoms with E-state index >= 15 is 0 Å². The first-order valence-corrected chi connectivity index (χ1v) is 11.5. The van der Waals surface area contributed by atoms with Gasteiger partial charge in [0.1, 0.15) is 17.3 Å². The molecule has 1 atom stereocenters. The van der Waals surface area contributed by atoms with Crippen LogP contribution in [0.15, 0.2) is 66.2 Å². The van der Waals surface area contributed by atoms with Gasteiger partial charge in [0.25, 0.3) is 11.7 Å². The molecule has 1 heterocycles. The predicted molar refractivity (Wildman–Crippen MR) is 136 cm³/mol. The molecule has 3 aromatic rings. The summed E-state index contributed by atoms with van der Waals surface area (Å²) in [5.41, 5.74) is 4.27. The smallest absolute Gasteiger partial charge is 0.300 e. The number of methoxy groups -OCH3 is 1. The van der Waals surface area contributed by atoms with Crippen molar-refractivity contribution in [3.8, 4) is 11.5 Å². The number of nitrogens with zero attached hydrogens (tertiary/aromatic N) is 1. The number of aryl methyl sites for hydroxylation is 3. The molecule has 1 aliphatic rings. The Balaban J connectivity index is 2.01. The van der Waals surface area contributed by atoms with Crippen LogP contribution >= 0.6 is 0 Å². The van der Waals surface area contributed by atoms with Gasteiger partial charge in [-0.1, -0.05) is 30.3 Å². The van der Waals surface area contributed by atoms with Gasteiger partial charge in [-0.25, -0.2) is 0 Å². The zero-order valence-electron chi connectivity index (χ0n) is 20.6. The summed E-state index contributed by atoms with van der Waals surface area (Å²) in [7, 11) is 1.52. The zero-order chi connectivity index (χ0) is 25.3. The van der Waals surface area contributed by atoms with Crippen LogP contribution in [0.25, 0.3) is 5.76 Å². The van der Waals surface area contributed by atoms with Gasteiger partial charge < -0.3 is 14.6 Å². The molecule has 3 aromatic carbocycles. The average molecular weight is 472 g/mol. The highest BCUT2D eigenvalue weighted by Gasteiger charge is 2.47. The Kier molecular flexibility index (Phi) is 6.65. The number of amides is 1. The van der Waals surface area contributed by atoms with Crippen LogP contribution in [0.4, 0.5) is 5.69 Å². The molecule has 1 N–H and O–H groups in total. The lowest BCUT2D eigenvalue weighted by molar-refractivity contribution is -0.132. The van der Waals surface area contributed by atoms with Crippen LogP contribution in [0.5, 0.6) is 11.5 Å². The fourth-order valence-corrected chi connectivity index (χ4v) is 4.68. The third kappa shape index (κ3) is 4.39. The molecule has 1 fully saturated rings. The van der Waals surface area contributed by atoms with Gasteiger partial charge in [0.05, 0.1) is 30.9 Å². The highest BCUT2D eigenvalue weighted by molar-refractivity contribution is 6.51. The number of aliphatic hydroxyl groups excluding tert-OH is 1. The number of benzene rings is 3. The molecule has 0 spiro atoms. The van der Waals surface area contributed by atoms with Crippen LogP contribution in [0.2, 0.25) is 0 Å². The lowest BCUT2D eigenvalue weighted by Crippen LogP contribution is -2.29. The molecule has 0 aliphatic carbocycles. The summed E-state index contributed by atoms with van der Waals surface area (Å²) in [6, 6.07) is 17.5. The molecule has 1 amide bonds. The summed E-state index contributed by atoms with van der Waals surface area (Å²) in [6.07, 6.45) is 0. The lowest BCUT2D eigenvalue weighted by Gasteiger charge is -2.26. The molecule has 0 bridgehead atoms. The van der Waals surface area contributed by atoms with E-state index in [2.05, 4.69) is 0 Å². The second-order valence-electron chi connectivity index (χ2n) is 8.68. The molecule has 1 saturated heterocycles. The van der Waals surface area contributed by atoms with Gasteiger partial charge in [0, 0.05) is 5.69 Å². The molecule has 180 valence electrons. The van der Waals surface area contributed by atoms with Crippen molar-refractivity contribution in [2.24, 2.45) is 0 Å². The number of carbonyl (C=O) groups excluding carboxylic acids is 2. The Hall–Kier alpha value is -4.06. The Bertz CT molecular complexity index is 1340. The topological polar surface area (TPSA) is 76.1 Å². The van der Waals surface area contributed by atoms with Crippen molar-refractivity contribution >= 4 is 23.1 Å². The van der Waals surface area contributed by atoms with Crippen molar-refractivity contribution in [2.45, 2.75) is 33.7 Å². The SMILES string of the molecule is CCOc1cccc(C2/C(=C(\O)c3cc(C)cc(C)c3OC)C(=O)C(=O)N2c2cccc(C)c2)c1. The number of hydrogen-bond donors (Lipinski definition) is 1. The first-order valence-electron chi connectivity index (χ1n) is 11.5. The van der Waals surface area contributed by atoms with Crippen molar-refractivity contribution in [1.82, 2.24) is 0 Å². The summed E-state index contributed by atoms with van der Waals surface area (Å²) in [5.74, 6) is -0.654. The summed E-state index contributed by atoms with van der Waals surface area (Å²) < 4.78 is 11.3. The van der Waals surface area contributed by atoms with E-state index < -0.39 is 17.7 Å². The van der Waals surface area contributed by atoms with E-state index in [4.69, 9.17) is 9.47 Å². The maximum Gasteiger partial charge on any atom is 0.300 e. The van der Waals surface area contributed by atoms with E-state index in [1.165, 1.54) is 12.0 Å². The summed E-state index contributed by atoms with van der Waals surface area (Å²) in [5, 5.41) is 11.6. The molecule has 0 radical (unpaired) electrons. The molecule has 1 aliphatic heterocycles. The molecular weight excluding hydrogens is 442 g/mol. The maximum atomic E-state index is 13.5. The van der Waals surface area contributed by atoms with Gasteiger partial charge in [-0.05, 0) is 80.3 Å². The minimum Gasteiger partial charge on any atom is -0.507 e. The molecule has 6 heteroatoms. The van der Waals surface area contributed by atoms with E-state index in [9.17, 15) is 14.7 Å². The van der Waals surface area contributed by atoms with Crippen LogP contribution in [-0.2, 0) is 9.59 Å². The Morgan fingerprint density at radius 3 is 2.40 bits per heavy atom. The van der Waals surface area contributed by atoms with Gasteiger partial charge in [-0.3, -0.25) is 14.5 Å².